The highest BCUT2D eigenvalue weighted by molar-refractivity contribution is 6.32. The van der Waals surface area contributed by atoms with Crippen molar-refractivity contribution < 1.29 is 18.7 Å². The highest BCUT2D eigenvalue weighted by Gasteiger charge is 2.22. The van der Waals surface area contributed by atoms with E-state index in [1.165, 1.54) is 6.92 Å². The normalized spacial score (nSPS) is 10.2. The van der Waals surface area contributed by atoms with Gasteiger partial charge in [-0.15, -0.1) is 0 Å². The predicted molar refractivity (Wildman–Crippen MR) is 93.2 cm³/mol. The average molecular weight is 361 g/mol. The molecule has 6 nitrogen and oxygen atoms in total. The maximum Gasteiger partial charge on any atom is 0.264 e. The molecule has 0 aliphatic heterocycles. The first-order valence-electron chi connectivity index (χ1n) is 7.48. The van der Waals surface area contributed by atoms with E-state index in [1.807, 2.05) is 19.9 Å². The zero-order valence-corrected chi connectivity index (χ0v) is 15.1. The lowest BCUT2D eigenvalue weighted by Crippen LogP contribution is -2.20. The lowest BCUT2D eigenvalue weighted by molar-refractivity contribution is -0.118. The van der Waals surface area contributed by atoms with Gasteiger partial charge < -0.3 is 9.15 Å². The largest absolute Gasteiger partial charge is 0.484 e. The smallest absolute Gasteiger partial charge is 0.264 e. The zero-order chi connectivity index (χ0) is 18.7. The van der Waals surface area contributed by atoms with E-state index in [9.17, 15) is 14.9 Å². The van der Waals surface area contributed by atoms with E-state index in [0.717, 1.165) is 11.1 Å². The molecule has 2 rings (SSSR count). The summed E-state index contributed by atoms with van der Waals surface area (Å²) in [6.45, 7) is 6.30. The van der Waals surface area contributed by atoms with Gasteiger partial charge in [0.1, 0.15) is 23.1 Å². The van der Waals surface area contributed by atoms with Crippen LogP contribution in [-0.2, 0) is 4.79 Å². The van der Waals surface area contributed by atoms with Gasteiger partial charge in [-0.3, -0.25) is 14.9 Å². The van der Waals surface area contributed by atoms with Crippen LogP contribution in [0.5, 0.6) is 5.75 Å². The molecule has 0 unspecified atom stereocenters. The maximum atomic E-state index is 12.1. The molecule has 0 aliphatic rings. The summed E-state index contributed by atoms with van der Waals surface area (Å²) in [6.07, 6.45) is 0. The van der Waals surface area contributed by atoms with Gasteiger partial charge in [0.25, 0.3) is 5.91 Å². The molecule has 0 saturated carbocycles. The number of halogens is 1. The molecule has 0 aliphatic carbocycles. The van der Waals surface area contributed by atoms with Crippen molar-refractivity contribution in [1.29, 1.82) is 5.26 Å². The minimum Gasteiger partial charge on any atom is -0.484 e. The van der Waals surface area contributed by atoms with E-state index < -0.39 is 5.91 Å². The molecule has 7 heteroatoms. The Morgan fingerprint density at radius 2 is 1.88 bits per heavy atom. The van der Waals surface area contributed by atoms with Gasteiger partial charge in [0, 0.05) is 5.02 Å². The molecule has 0 radical (unpaired) electrons. The molecule has 0 saturated heterocycles. The monoisotopic (exact) mass is 360 g/mol. The molecular formula is C18H17ClN2O4. The Labute approximate surface area is 150 Å². The molecule has 1 amide bonds. The lowest BCUT2D eigenvalue weighted by atomic mass is 10.1. The minimum absolute atomic E-state index is 0.0107. The topological polar surface area (TPSA) is 92.3 Å². The first-order valence-corrected chi connectivity index (χ1v) is 7.86. The number of carbonyl (C=O) groups excluding carboxylic acids is 2. The number of nitriles is 1. The number of ether oxygens (including phenoxy) is 1. The standard InChI is InChI=1S/C18H17ClN2O4/c1-9-5-13(6-10(2)17(9)19)24-8-15(23)21-18-14(7-20)16(11(3)22)12(4)25-18/h5-6H,8H2,1-4H3,(H,21,23). The summed E-state index contributed by atoms with van der Waals surface area (Å²) in [4.78, 5) is 23.7. The second-order valence-electron chi connectivity index (χ2n) is 5.61. The quantitative estimate of drug-likeness (QED) is 0.815. The molecule has 0 fully saturated rings. The summed E-state index contributed by atoms with van der Waals surface area (Å²) in [6, 6.07) is 5.34. The number of carbonyl (C=O) groups is 2. The molecular weight excluding hydrogens is 344 g/mol. The number of nitrogens with zero attached hydrogens (tertiary/aromatic N) is 1. The van der Waals surface area contributed by atoms with E-state index >= 15 is 0 Å². The highest BCUT2D eigenvalue weighted by atomic mass is 35.5. The van der Waals surface area contributed by atoms with Gasteiger partial charge in [0.2, 0.25) is 5.88 Å². The number of hydrogen-bond acceptors (Lipinski definition) is 5. The molecule has 0 bridgehead atoms. The minimum atomic E-state index is -0.509. The predicted octanol–water partition coefficient (Wildman–Crippen LogP) is 3.95. The van der Waals surface area contributed by atoms with Crippen LogP contribution in [0.25, 0.3) is 0 Å². The van der Waals surface area contributed by atoms with Crippen molar-refractivity contribution in [3.05, 3.63) is 45.2 Å². The third kappa shape index (κ3) is 4.01. The van der Waals surface area contributed by atoms with Crippen molar-refractivity contribution in [2.24, 2.45) is 0 Å². The number of anilines is 1. The fourth-order valence-electron chi connectivity index (χ4n) is 2.46. The SMILES string of the molecule is CC(=O)c1c(C)oc(NC(=O)COc2cc(C)c(Cl)c(C)c2)c1C#N. The summed E-state index contributed by atoms with van der Waals surface area (Å²) in [5.41, 5.74) is 1.87. The Balaban J connectivity index is 2.10. The van der Waals surface area contributed by atoms with Crippen molar-refractivity contribution in [1.82, 2.24) is 0 Å². The van der Waals surface area contributed by atoms with Gasteiger partial charge in [0.05, 0.1) is 5.56 Å². The van der Waals surface area contributed by atoms with Crippen molar-refractivity contribution in [3.8, 4) is 11.8 Å². The van der Waals surface area contributed by atoms with E-state index in [2.05, 4.69) is 5.32 Å². The average Bonchev–Trinajstić information content (AvgIpc) is 2.85. The van der Waals surface area contributed by atoms with Crippen LogP contribution in [0.2, 0.25) is 5.02 Å². The fourth-order valence-corrected chi connectivity index (χ4v) is 2.57. The van der Waals surface area contributed by atoms with E-state index in [0.29, 0.717) is 10.8 Å². The molecule has 25 heavy (non-hydrogen) atoms. The molecule has 2 aromatic rings. The number of rotatable bonds is 5. The highest BCUT2D eigenvalue weighted by Crippen LogP contribution is 2.27. The Hall–Kier alpha value is -2.78. The lowest BCUT2D eigenvalue weighted by Gasteiger charge is -2.09. The molecule has 1 aromatic carbocycles. The number of amides is 1. The fraction of sp³-hybridized carbons (Fsp3) is 0.278. The molecule has 1 N–H and O–H groups in total. The summed E-state index contributed by atoms with van der Waals surface area (Å²) >= 11 is 6.09. The molecule has 0 spiro atoms. The number of furan rings is 1. The van der Waals surface area contributed by atoms with Gasteiger partial charge >= 0.3 is 0 Å². The van der Waals surface area contributed by atoms with Crippen molar-refractivity contribution >= 4 is 29.2 Å². The number of aryl methyl sites for hydroxylation is 3. The molecule has 1 aromatic heterocycles. The van der Waals surface area contributed by atoms with Crippen LogP contribution in [0.15, 0.2) is 16.5 Å². The Morgan fingerprint density at radius 3 is 2.40 bits per heavy atom. The van der Waals surface area contributed by atoms with Crippen molar-refractivity contribution in [2.75, 3.05) is 11.9 Å². The van der Waals surface area contributed by atoms with Gasteiger partial charge in [-0.25, -0.2) is 0 Å². The summed E-state index contributed by atoms with van der Waals surface area (Å²) < 4.78 is 10.8. The number of ketones is 1. The molecule has 130 valence electrons. The number of benzene rings is 1. The first kappa shape index (κ1) is 18.6. The number of nitrogens with one attached hydrogen (secondary N) is 1. The molecule has 1 heterocycles. The maximum absolute atomic E-state index is 12.1. The van der Waals surface area contributed by atoms with Gasteiger partial charge in [-0.2, -0.15) is 5.26 Å². The van der Waals surface area contributed by atoms with Gasteiger partial charge in [-0.1, -0.05) is 11.6 Å². The van der Waals surface area contributed by atoms with E-state index in [4.69, 9.17) is 20.8 Å². The zero-order valence-electron chi connectivity index (χ0n) is 14.3. The van der Waals surface area contributed by atoms with Crippen molar-refractivity contribution in [3.63, 3.8) is 0 Å². The summed E-state index contributed by atoms with van der Waals surface area (Å²) in [7, 11) is 0. The van der Waals surface area contributed by atoms with E-state index in [-0.39, 0.29) is 35.2 Å². The third-order valence-corrected chi connectivity index (χ3v) is 4.18. The number of Topliss-reactive ketones (excluding diaryl/α,β-unsaturated/α-hetero) is 1. The summed E-state index contributed by atoms with van der Waals surface area (Å²) in [5, 5.41) is 12.3. The third-order valence-electron chi connectivity index (χ3n) is 3.58. The number of hydrogen-bond donors (Lipinski definition) is 1. The van der Waals surface area contributed by atoms with Crippen LogP contribution in [0, 0.1) is 32.1 Å². The second-order valence-corrected chi connectivity index (χ2v) is 5.99. The van der Waals surface area contributed by atoms with Crippen LogP contribution in [0.4, 0.5) is 5.88 Å². The van der Waals surface area contributed by atoms with Crippen LogP contribution in [0.3, 0.4) is 0 Å². The van der Waals surface area contributed by atoms with Crippen LogP contribution < -0.4 is 10.1 Å². The Morgan fingerprint density at radius 1 is 1.28 bits per heavy atom. The second kappa shape index (κ2) is 7.41. The van der Waals surface area contributed by atoms with E-state index in [1.54, 1.807) is 19.1 Å². The Bertz CT molecular complexity index is 870. The van der Waals surface area contributed by atoms with Gasteiger partial charge in [-0.05, 0) is 51.0 Å². The van der Waals surface area contributed by atoms with Crippen molar-refractivity contribution in [2.45, 2.75) is 27.7 Å². The summed E-state index contributed by atoms with van der Waals surface area (Å²) in [5.74, 6) is -0.0751. The molecule has 0 atom stereocenters. The van der Waals surface area contributed by atoms with Crippen LogP contribution in [0.1, 0.15) is 39.7 Å². The van der Waals surface area contributed by atoms with Gasteiger partial charge in [0.15, 0.2) is 12.4 Å². The van der Waals surface area contributed by atoms with Crippen LogP contribution >= 0.6 is 11.6 Å². The Kier molecular flexibility index (Phi) is 5.50. The van der Waals surface area contributed by atoms with Crippen LogP contribution in [-0.4, -0.2) is 18.3 Å². The first-order chi connectivity index (χ1) is 11.7.